The van der Waals surface area contributed by atoms with E-state index in [2.05, 4.69) is 27.4 Å². The third kappa shape index (κ3) is 6.84. The number of piperidine rings is 2. The van der Waals surface area contributed by atoms with Gasteiger partial charge in [0.1, 0.15) is 5.82 Å². The molecule has 2 heterocycles. The topological polar surface area (TPSA) is 63.1 Å². The number of benzene rings is 1. The number of halogens is 1. The van der Waals surface area contributed by atoms with Gasteiger partial charge in [0.15, 0.2) is 5.96 Å². The maximum Gasteiger partial charge on any atom is 0.191 e. The predicted molar refractivity (Wildman–Crippen MR) is 122 cm³/mol. The number of nitrogens with zero attached hydrogens (tertiary/aromatic N) is 3. The van der Waals surface area contributed by atoms with E-state index in [1.165, 1.54) is 0 Å². The Bertz CT molecular complexity index is 690. The quantitative estimate of drug-likeness (QED) is 0.360. The Kier molecular flexibility index (Phi) is 8.75. The molecule has 1 aromatic carbocycles. The van der Waals surface area contributed by atoms with Crippen molar-refractivity contribution >= 4 is 11.6 Å². The molecule has 1 aromatic rings. The zero-order valence-corrected chi connectivity index (χ0v) is 18.5. The molecule has 7 heteroatoms. The van der Waals surface area contributed by atoms with Crippen LogP contribution in [0.4, 0.5) is 10.1 Å². The largest absolute Gasteiger partial charge is 0.393 e. The first-order valence-electron chi connectivity index (χ1n) is 11.5. The van der Waals surface area contributed by atoms with Crippen molar-refractivity contribution in [2.75, 3.05) is 50.7 Å². The van der Waals surface area contributed by atoms with Gasteiger partial charge in [0.05, 0.1) is 6.10 Å². The van der Waals surface area contributed by atoms with Crippen molar-refractivity contribution in [1.29, 1.82) is 0 Å². The lowest BCUT2D eigenvalue weighted by Gasteiger charge is -2.36. The number of nitrogens with one attached hydrogen (secondary N) is 2. The van der Waals surface area contributed by atoms with Crippen LogP contribution in [0.25, 0.3) is 0 Å². The molecular weight excluding hydrogens is 381 g/mol. The van der Waals surface area contributed by atoms with E-state index in [1.54, 1.807) is 12.1 Å². The third-order valence-corrected chi connectivity index (χ3v) is 6.07. The van der Waals surface area contributed by atoms with E-state index in [-0.39, 0.29) is 11.9 Å². The second kappa shape index (κ2) is 11.5. The second-order valence-corrected chi connectivity index (χ2v) is 8.55. The molecule has 2 fully saturated rings. The molecule has 0 radical (unpaired) electrons. The lowest BCUT2D eigenvalue weighted by Crippen LogP contribution is -2.51. The Labute approximate surface area is 180 Å². The summed E-state index contributed by atoms with van der Waals surface area (Å²) in [4.78, 5) is 9.56. The van der Waals surface area contributed by atoms with E-state index in [4.69, 9.17) is 4.99 Å². The number of aliphatic hydroxyl groups excluding tert-OH is 1. The lowest BCUT2D eigenvalue weighted by atomic mass is 10.0. The van der Waals surface area contributed by atoms with Crippen LogP contribution in [0.5, 0.6) is 0 Å². The summed E-state index contributed by atoms with van der Waals surface area (Å²) in [6, 6.07) is 5.38. The summed E-state index contributed by atoms with van der Waals surface area (Å²) in [5.74, 6) is 0.708. The number of anilines is 1. The van der Waals surface area contributed by atoms with Crippen LogP contribution in [0.1, 0.15) is 44.6 Å². The second-order valence-electron chi connectivity index (χ2n) is 8.55. The average molecular weight is 420 g/mol. The Morgan fingerprint density at radius 2 is 2.03 bits per heavy atom. The smallest absolute Gasteiger partial charge is 0.191 e. The number of likely N-dealkylation sites (tertiary alicyclic amines) is 1. The van der Waals surface area contributed by atoms with Crippen LogP contribution >= 0.6 is 0 Å². The molecule has 0 spiro atoms. The fraction of sp³-hybridized carbons (Fsp3) is 0.696. The number of aryl methyl sites for hydroxylation is 1. The number of hydrogen-bond acceptors (Lipinski definition) is 4. The first kappa shape index (κ1) is 22.8. The number of hydrogen-bond donors (Lipinski definition) is 3. The van der Waals surface area contributed by atoms with Crippen LogP contribution in [0.2, 0.25) is 0 Å². The predicted octanol–water partition coefficient (Wildman–Crippen LogP) is 2.50. The van der Waals surface area contributed by atoms with Gasteiger partial charge in [-0.15, -0.1) is 0 Å². The highest BCUT2D eigenvalue weighted by molar-refractivity contribution is 5.80. The molecular formula is C23H38FN5O. The highest BCUT2D eigenvalue weighted by Gasteiger charge is 2.22. The standard InChI is InChI=1S/C23H38FN5O/c1-3-25-23(26-11-5-12-28-14-9-21(30)10-15-28)27-20-6-4-13-29(17-20)22-8-7-19(24)16-18(22)2/h7-8,16,20-21,30H,3-6,9-15,17H2,1-2H3,(H2,25,26,27). The summed E-state index contributed by atoms with van der Waals surface area (Å²) in [7, 11) is 0. The van der Waals surface area contributed by atoms with Crippen LogP contribution in [0.3, 0.4) is 0 Å². The number of aliphatic imine (C=N–C) groups is 1. The average Bonchev–Trinajstić information content (AvgIpc) is 2.73. The van der Waals surface area contributed by atoms with Crippen LogP contribution in [-0.4, -0.2) is 73.9 Å². The Balaban J connectivity index is 1.49. The van der Waals surface area contributed by atoms with Gasteiger partial charge in [-0.25, -0.2) is 4.39 Å². The number of aliphatic hydroxyl groups is 1. The van der Waals surface area contributed by atoms with Gasteiger partial charge >= 0.3 is 0 Å². The summed E-state index contributed by atoms with van der Waals surface area (Å²) >= 11 is 0. The van der Waals surface area contributed by atoms with E-state index in [1.807, 2.05) is 13.0 Å². The molecule has 3 rings (SSSR count). The van der Waals surface area contributed by atoms with Crippen molar-refractivity contribution < 1.29 is 9.50 Å². The Morgan fingerprint density at radius 3 is 2.77 bits per heavy atom. The molecule has 3 N–H and O–H groups in total. The fourth-order valence-corrected chi connectivity index (χ4v) is 4.43. The fourth-order valence-electron chi connectivity index (χ4n) is 4.43. The van der Waals surface area contributed by atoms with Crippen LogP contribution in [0, 0.1) is 12.7 Å². The van der Waals surface area contributed by atoms with Gasteiger partial charge in [0, 0.05) is 51.0 Å². The molecule has 0 aliphatic carbocycles. The summed E-state index contributed by atoms with van der Waals surface area (Å²) in [5, 5.41) is 16.6. The van der Waals surface area contributed by atoms with E-state index in [0.29, 0.717) is 6.04 Å². The Morgan fingerprint density at radius 1 is 1.23 bits per heavy atom. The van der Waals surface area contributed by atoms with Crippen LogP contribution in [-0.2, 0) is 0 Å². The summed E-state index contributed by atoms with van der Waals surface area (Å²) in [6.07, 6.45) is 4.90. The van der Waals surface area contributed by atoms with Gasteiger partial charge in [-0.1, -0.05) is 0 Å². The van der Waals surface area contributed by atoms with Gasteiger partial charge in [-0.2, -0.15) is 0 Å². The molecule has 168 valence electrons. The van der Waals surface area contributed by atoms with Crippen molar-refractivity contribution in [1.82, 2.24) is 15.5 Å². The maximum atomic E-state index is 13.5. The molecule has 0 saturated carbocycles. The molecule has 1 atom stereocenters. The molecule has 0 aromatic heterocycles. The van der Waals surface area contributed by atoms with Crippen LogP contribution in [0.15, 0.2) is 23.2 Å². The SMILES string of the molecule is CCNC(=NCCCN1CCC(O)CC1)NC1CCCN(c2ccc(F)cc2C)C1. The minimum absolute atomic E-state index is 0.113. The molecule has 2 saturated heterocycles. The van der Waals surface area contributed by atoms with Gasteiger partial charge < -0.3 is 25.5 Å². The minimum atomic E-state index is -0.176. The van der Waals surface area contributed by atoms with Gasteiger partial charge in [0.25, 0.3) is 0 Å². The number of guanidine groups is 1. The molecule has 1 unspecified atom stereocenters. The van der Waals surface area contributed by atoms with Crippen molar-refractivity contribution in [3.8, 4) is 0 Å². The van der Waals surface area contributed by atoms with Gasteiger partial charge in [-0.05, 0) is 76.3 Å². The Hall–Kier alpha value is -1.86. The first-order valence-corrected chi connectivity index (χ1v) is 11.5. The van der Waals surface area contributed by atoms with Crippen molar-refractivity contribution in [2.24, 2.45) is 4.99 Å². The molecule has 6 nitrogen and oxygen atoms in total. The maximum absolute atomic E-state index is 13.5. The highest BCUT2D eigenvalue weighted by Crippen LogP contribution is 2.24. The van der Waals surface area contributed by atoms with E-state index >= 15 is 0 Å². The van der Waals surface area contributed by atoms with E-state index in [9.17, 15) is 9.50 Å². The molecule has 0 bridgehead atoms. The van der Waals surface area contributed by atoms with E-state index in [0.717, 1.165) is 95.1 Å². The summed E-state index contributed by atoms with van der Waals surface area (Å²) in [5.41, 5.74) is 2.11. The molecule has 2 aliphatic rings. The van der Waals surface area contributed by atoms with Crippen molar-refractivity contribution in [3.05, 3.63) is 29.6 Å². The van der Waals surface area contributed by atoms with E-state index < -0.39 is 0 Å². The summed E-state index contributed by atoms with van der Waals surface area (Å²) < 4.78 is 13.5. The highest BCUT2D eigenvalue weighted by atomic mass is 19.1. The van der Waals surface area contributed by atoms with Gasteiger partial charge in [-0.3, -0.25) is 4.99 Å². The van der Waals surface area contributed by atoms with Gasteiger partial charge in [0.2, 0.25) is 0 Å². The lowest BCUT2D eigenvalue weighted by molar-refractivity contribution is 0.0824. The molecule has 2 aliphatic heterocycles. The zero-order valence-electron chi connectivity index (χ0n) is 18.5. The van der Waals surface area contributed by atoms with Crippen molar-refractivity contribution in [3.63, 3.8) is 0 Å². The van der Waals surface area contributed by atoms with Crippen LogP contribution < -0.4 is 15.5 Å². The summed E-state index contributed by atoms with van der Waals surface area (Å²) in [6.45, 7) is 10.6. The van der Waals surface area contributed by atoms with Crippen molar-refractivity contribution in [2.45, 2.75) is 58.1 Å². The molecule has 30 heavy (non-hydrogen) atoms. The monoisotopic (exact) mass is 419 g/mol. The normalized spacial score (nSPS) is 21.7. The minimum Gasteiger partial charge on any atom is -0.393 e. The zero-order chi connectivity index (χ0) is 21.3. The number of rotatable bonds is 7. The first-order chi connectivity index (χ1) is 14.5. The third-order valence-electron chi connectivity index (χ3n) is 6.07. The molecule has 0 amide bonds.